The van der Waals surface area contributed by atoms with Crippen LogP contribution in [0.4, 0.5) is 0 Å². The van der Waals surface area contributed by atoms with Crippen LogP contribution in [0, 0.1) is 0 Å². The maximum Gasteiger partial charge on any atom is 0.268 e. The summed E-state index contributed by atoms with van der Waals surface area (Å²) in [6.45, 7) is 1.51. The number of aryl methyl sites for hydroxylation is 1. The van der Waals surface area contributed by atoms with Gasteiger partial charge in [-0.05, 0) is 25.8 Å². The molecule has 1 fully saturated rings. The predicted molar refractivity (Wildman–Crippen MR) is 69.8 cm³/mol. The van der Waals surface area contributed by atoms with Gasteiger partial charge in [-0.1, -0.05) is 19.3 Å². The van der Waals surface area contributed by atoms with E-state index in [1.54, 1.807) is 23.9 Å². The second-order valence-electron chi connectivity index (χ2n) is 5.09. The van der Waals surface area contributed by atoms with Gasteiger partial charge >= 0.3 is 0 Å². The van der Waals surface area contributed by atoms with Gasteiger partial charge in [0.05, 0.1) is 0 Å². The average molecular weight is 248 g/mol. The molecule has 4 heteroatoms. The fourth-order valence-corrected chi connectivity index (χ4v) is 2.49. The molecule has 0 spiro atoms. The van der Waals surface area contributed by atoms with Gasteiger partial charge < -0.3 is 9.88 Å². The number of aromatic nitrogens is 1. The SMILES string of the molecule is CC(=O)c1cc(C(=O)NC2CCCCC2)n(C)c1. The molecule has 1 amide bonds. The number of amides is 1. The van der Waals surface area contributed by atoms with Crippen LogP contribution >= 0.6 is 0 Å². The van der Waals surface area contributed by atoms with Gasteiger partial charge in [-0.3, -0.25) is 9.59 Å². The molecule has 1 saturated carbocycles. The Bertz CT molecular complexity index is 456. The first-order chi connectivity index (χ1) is 8.58. The minimum atomic E-state index is -0.0723. The van der Waals surface area contributed by atoms with Crippen LogP contribution in [0.3, 0.4) is 0 Å². The van der Waals surface area contributed by atoms with Crippen LogP contribution < -0.4 is 5.32 Å². The van der Waals surface area contributed by atoms with Crippen molar-refractivity contribution in [3.63, 3.8) is 0 Å². The Balaban J connectivity index is 2.06. The first kappa shape index (κ1) is 12.9. The van der Waals surface area contributed by atoms with Gasteiger partial charge in [-0.25, -0.2) is 0 Å². The van der Waals surface area contributed by atoms with E-state index in [1.165, 1.54) is 26.2 Å². The molecule has 0 atom stereocenters. The highest BCUT2D eigenvalue weighted by atomic mass is 16.2. The summed E-state index contributed by atoms with van der Waals surface area (Å²) in [5.74, 6) is -0.0841. The average Bonchev–Trinajstić information content (AvgIpc) is 2.73. The van der Waals surface area contributed by atoms with Crippen LogP contribution in [0.1, 0.15) is 59.9 Å². The van der Waals surface area contributed by atoms with E-state index in [-0.39, 0.29) is 11.7 Å². The van der Waals surface area contributed by atoms with Crippen molar-refractivity contribution in [2.24, 2.45) is 7.05 Å². The van der Waals surface area contributed by atoms with E-state index in [0.717, 1.165) is 12.8 Å². The number of nitrogens with one attached hydrogen (secondary N) is 1. The highest BCUT2D eigenvalue weighted by molar-refractivity contribution is 5.99. The lowest BCUT2D eigenvalue weighted by Gasteiger charge is -2.22. The van der Waals surface area contributed by atoms with Crippen LogP contribution in [0.25, 0.3) is 0 Å². The largest absolute Gasteiger partial charge is 0.348 e. The number of rotatable bonds is 3. The predicted octanol–water partition coefficient (Wildman–Crippen LogP) is 2.29. The number of carbonyl (C=O) groups excluding carboxylic acids is 2. The van der Waals surface area contributed by atoms with Crippen molar-refractivity contribution in [2.75, 3.05) is 0 Å². The molecule has 1 N–H and O–H groups in total. The Labute approximate surface area is 107 Å². The molecule has 1 aliphatic rings. The Hall–Kier alpha value is -1.58. The van der Waals surface area contributed by atoms with Crippen LogP contribution in [-0.2, 0) is 7.05 Å². The number of hydrogen-bond acceptors (Lipinski definition) is 2. The van der Waals surface area contributed by atoms with Gasteiger partial charge in [0.1, 0.15) is 5.69 Å². The number of nitrogens with zero attached hydrogens (tertiary/aromatic N) is 1. The molecule has 98 valence electrons. The van der Waals surface area contributed by atoms with E-state index in [0.29, 0.717) is 17.3 Å². The van der Waals surface area contributed by atoms with Crippen molar-refractivity contribution >= 4 is 11.7 Å². The fraction of sp³-hybridized carbons (Fsp3) is 0.571. The van der Waals surface area contributed by atoms with Gasteiger partial charge in [0.15, 0.2) is 5.78 Å². The summed E-state index contributed by atoms with van der Waals surface area (Å²) in [4.78, 5) is 23.4. The molecule has 1 heterocycles. The Morgan fingerprint density at radius 3 is 2.50 bits per heavy atom. The maximum absolute atomic E-state index is 12.1. The van der Waals surface area contributed by atoms with E-state index in [2.05, 4.69) is 5.32 Å². The van der Waals surface area contributed by atoms with E-state index in [1.807, 2.05) is 0 Å². The molecule has 18 heavy (non-hydrogen) atoms. The molecule has 0 unspecified atom stereocenters. The minimum Gasteiger partial charge on any atom is -0.348 e. The second-order valence-corrected chi connectivity index (χ2v) is 5.09. The highest BCUT2D eigenvalue weighted by Crippen LogP contribution is 2.18. The van der Waals surface area contributed by atoms with Gasteiger partial charge in [0.25, 0.3) is 5.91 Å². The molecule has 0 saturated heterocycles. The third-order valence-electron chi connectivity index (χ3n) is 3.58. The van der Waals surface area contributed by atoms with Crippen molar-refractivity contribution < 1.29 is 9.59 Å². The van der Waals surface area contributed by atoms with Crippen molar-refractivity contribution in [2.45, 2.75) is 45.1 Å². The molecule has 1 aliphatic carbocycles. The van der Waals surface area contributed by atoms with Crippen molar-refractivity contribution in [1.29, 1.82) is 0 Å². The molecule has 2 rings (SSSR count). The van der Waals surface area contributed by atoms with E-state index >= 15 is 0 Å². The normalized spacial score (nSPS) is 16.6. The summed E-state index contributed by atoms with van der Waals surface area (Å²) in [6.07, 6.45) is 7.49. The van der Waals surface area contributed by atoms with Gasteiger partial charge in [0.2, 0.25) is 0 Å². The summed E-state index contributed by atoms with van der Waals surface area (Å²) >= 11 is 0. The second kappa shape index (κ2) is 5.38. The van der Waals surface area contributed by atoms with Gasteiger partial charge in [-0.2, -0.15) is 0 Å². The Morgan fingerprint density at radius 1 is 1.28 bits per heavy atom. The first-order valence-corrected chi connectivity index (χ1v) is 6.56. The van der Waals surface area contributed by atoms with E-state index < -0.39 is 0 Å². The quantitative estimate of drug-likeness (QED) is 0.834. The van der Waals surface area contributed by atoms with Crippen LogP contribution in [0.2, 0.25) is 0 Å². The zero-order valence-electron chi connectivity index (χ0n) is 11.0. The standard InChI is InChI=1S/C14H20N2O2/c1-10(17)11-8-13(16(2)9-11)14(18)15-12-6-4-3-5-7-12/h8-9,12H,3-7H2,1-2H3,(H,15,18). The lowest BCUT2D eigenvalue weighted by molar-refractivity contribution is 0.0919. The summed E-state index contributed by atoms with van der Waals surface area (Å²) in [5, 5.41) is 3.06. The van der Waals surface area contributed by atoms with Gasteiger partial charge in [-0.15, -0.1) is 0 Å². The summed E-state index contributed by atoms with van der Waals surface area (Å²) in [5.41, 5.74) is 1.15. The number of carbonyl (C=O) groups is 2. The molecule has 1 aromatic rings. The topological polar surface area (TPSA) is 51.1 Å². The zero-order chi connectivity index (χ0) is 13.1. The zero-order valence-corrected chi connectivity index (χ0v) is 11.0. The summed E-state index contributed by atoms with van der Waals surface area (Å²) in [7, 11) is 1.79. The molecular weight excluding hydrogens is 228 g/mol. The minimum absolute atomic E-state index is 0.0117. The van der Waals surface area contributed by atoms with E-state index in [9.17, 15) is 9.59 Å². The Kier molecular flexibility index (Phi) is 3.84. The first-order valence-electron chi connectivity index (χ1n) is 6.56. The highest BCUT2D eigenvalue weighted by Gasteiger charge is 2.19. The molecule has 0 radical (unpaired) electrons. The maximum atomic E-state index is 12.1. The van der Waals surface area contributed by atoms with Crippen molar-refractivity contribution in [1.82, 2.24) is 9.88 Å². The van der Waals surface area contributed by atoms with Crippen molar-refractivity contribution in [3.05, 3.63) is 23.5 Å². The third kappa shape index (κ3) is 2.81. The molecule has 4 nitrogen and oxygen atoms in total. The van der Waals surface area contributed by atoms with Crippen LogP contribution in [-0.4, -0.2) is 22.3 Å². The molecule has 1 aromatic heterocycles. The molecule has 0 aliphatic heterocycles. The number of ketones is 1. The lowest BCUT2D eigenvalue weighted by Crippen LogP contribution is -2.36. The van der Waals surface area contributed by atoms with Gasteiger partial charge in [0, 0.05) is 24.8 Å². The van der Waals surface area contributed by atoms with Crippen LogP contribution in [0.5, 0.6) is 0 Å². The summed E-state index contributed by atoms with van der Waals surface area (Å²) < 4.78 is 1.72. The van der Waals surface area contributed by atoms with E-state index in [4.69, 9.17) is 0 Å². The number of hydrogen-bond donors (Lipinski definition) is 1. The monoisotopic (exact) mass is 248 g/mol. The molecular formula is C14H20N2O2. The lowest BCUT2D eigenvalue weighted by atomic mass is 9.95. The number of Topliss-reactive ketones (excluding diaryl/α,β-unsaturated/α-hetero) is 1. The van der Waals surface area contributed by atoms with Crippen molar-refractivity contribution in [3.8, 4) is 0 Å². The fourth-order valence-electron chi connectivity index (χ4n) is 2.49. The Morgan fingerprint density at radius 2 is 1.94 bits per heavy atom. The smallest absolute Gasteiger partial charge is 0.268 e. The van der Waals surface area contributed by atoms with Crippen LogP contribution in [0.15, 0.2) is 12.3 Å². The summed E-state index contributed by atoms with van der Waals surface area (Å²) in [6, 6.07) is 1.96. The molecule has 0 bridgehead atoms. The molecule has 0 aromatic carbocycles. The third-order valence-corrected chi connectivity index (χ3v) is 3.58.